The number of para-hydroxylation sites is 2. The van der Waals surface area contributed by atoms with Gasteiger partial charge in [-0.2, -0.15) is 0 Å². The molecule has 0 aromatic heterocycles. The van der Waals surface area contributed by atoms with Crippen LogP contribution in [0.4, 0.5) is 0 Å². The van der Waals surface area contributed by atoms with Crippen molar-refractivity contribution in [3.05, 3.63) is 90.5 Å². The zero-order valence-corrected chi connectivity index (χ0v) is 17.3. The van der Waals surface area contributed by atoms with Crippen LogP contribution in [0.15, 0.2) is 84.9 Å². The minimum Gasteiger partial charge on any atom is -0.507 e. The first-order valence-corrected chi connectivity index (χ1v) is 11.1. The van der Waals surface area contributed by atoms with Crippen molar-refractivity contribution in [2.45, 2.75) is 13.3 Å². The summed E-state index contributed by atoms with van der Waals surface area (Å²) in [4.78, 5) is 0. The van der Waals surface area contributed by atoms with Crippen molar-refractivity contribution in [1.29, 1.82) is 0 Å². The van der Waals surface area contributed by atoms with Crippen molar-refractivity contribution in [1.82, 2.24) is 0 Å². The van der Waals surface area contributed by atoms with E-state index in [1.54, 1.807) is 72.8 Å². The molecule has 0 aliphatic heterocycles. The van der Waals surface area contributed by atoms with Crippen molar-refractivity contribution in [2.75, 3.05) is 0 Å². The molecule has 0 fully saturated rings. The fourth-order valence-electron chi connectivity index (χ4n) is 3.21. The molecule has 0 aliphatic carbocycles. The molecule has 4 aromatic rings. The Balaban J connectivity index is 1.89. The standard InChI is InChI=1S/C24H21O5P/c1-2-17-13-14-20-21(15-17)22(25)16-23(24(20)26)30(27,28-18-9-5-3-6-10-18)29-19-11-7-4-8-12-19/h3-16,25-26H,2H2,1H3. The van der Waals surface area contributed by atoms with Crippen LogP contribution in [0.1, 0.15) is 12.5 Å². The molecule has 0 radical (unpaired) electrons. The summed E-state index contributed by atoms with van der Waals surface area (Å²) in [6.07, 6.45) is 0.782. The summed E-state index contributed by atoms with van der Waals surface area (Å²) < 4.78 is 25.5. The molecule has 4 aromatic carbocycles. The lowest BCUT2D eigenvalue weighted by Gasteiger charge is -2.22. The number of phenols is 2. The second-order valence-electron chi connectivity index (χ2n) is 6.80. The Bertz CT molecular complexity index is 1180. The summed E-state index contributed by atoms with van der Waals surface area (Å²) in [5, 5.41) is 22.4. The first-order valence-electron chi connectivity index (χ1n) is 9.57. The Morgan fingerprint density at radius 3 is 1.87 bits per heavy atom. The topological polar surface area (TPSA) is 76.0 Å². The molecule has 5 nitrogen and oxygen atoms in total. The Hall–Kier alpha value is -3.43. The van der Waals surface area contributed by atoms with Crippen LogP contribution in [0.25, 0.3) is 10.8 Å². The molecular weight excluding hydrogens is 399 g/mol. The van der Waals surface area contributed by atoms with E-state index in [0.717, 1.165) is 12.0 Å². The van der Waals surface area contributed by atoms with Gasteiger partial charge in [0.05, 0.1) is 0 Å². The second kappa shape index (κ2) is 8.13. The molecule has 0 saturated carbocycles. The molecule has 2 N–H and O–H groups in total. The van der Waals surface area contributed by atoms with Gasteiger partial charge < -0.3 is 19.3 Å². The predicted molar refractivity (Wildman–Crippen MR) is 118 cm³/mol. The van der Waals surface area contributed by atoms with Gasteiger partial charge in [0.15, 0.2) is 0 Å². The number of aryl methyl sites for hydroxylation is 1. The van der Waals surface area contributed by atoms with E-state index in [2.05, 4.69) is 0 Å². The first-order chi connectivity index (χ1) is 14.5. The minimum absolute atomic E-state index is 0.107. The molecule has 6 heteroatoms. The van der Waals surface area contributed by atoms with E-state index < -0.39 is 7.60 Å². The molecule has 0 atom stereocenters. The molecular formula is C24H21O5P. The Kier molecular flexibility index (Phi) is 5.39. The Labute approximate surface area is 174 Å². The summed E-state index contributed by atoms with van der Waals surface area (Å²) in [7, 11) is -4.11. The number of aromatic hydroxyl groups is 2. The Morgan fingerprint density at radius 1 is 0.767 bits per heavy atom. The lowest BCUT2D eigenvalue weighted by Crippen LogP contribution is -2.15. The van der Waals surface area contributed by atoms with Crippen molar-refractivity contribution in [2.24, 2.45) is 0 Å². The minimum atomic E-state index is -4.11. The van der Waals surface area contributed by atoms with Gasteiger partial charge in [0, 0.05) is 16.8 Å². The van der Waals surface area contributed by atoms with Gasteiger partial charge in [-0.1, -0.05) is 55.5 Å². The molecule has 30 heavy (non-hydrogen) atoms. The van der Waals surface area contributed by atoms with E-state index in [1.165, 1.54) is 6.07 Å². The van der Waals surface area contributed by atoms with Crippen molar-refractivity contribution >= 4 is 23.7 Å². The van der Waals surface area contributed by atoms with Crippen molar-refractivity contribution in [3.8, 4) is 23.0 Å². The van der Waals surface area contributed by atoms with Crippen LogP contribution >= 0.6 is 7.60 Å². The van der Waals surface area contributed by atoms with Gasteiger partial charge in [0.1, 0.15) is 28.3 Å². The third kappa shape index (κ3) is 3.85. The highest BCUT2D eigenvalue weighted by atomic mass is 31.2. The highest BCUT2D eigenvalue weighted by Crippen LogP contribution is 2.51. The van der Waals surface area contributed by atoms with E-state index in [0.29, 0.717) is 22.3 Å². The normalized spacial score (nSPS) is 11.4. The Morgan fingerprint density at radius 2 is 1.33 bits per heavy atom. The van der Waals surface area contributed by atoms with Crippen LogP contribution < -0.4 is 14.4 Å². The fraction of sp³-hybridized carbons (Fsp3) is 0.0833. The number of phenolic OH excluding ortho intramolecular Hbond substituents is 2. The zero-order chi connectivity index (χ0) is 21.1. The van der Waals surface area contributed by atoms with Crippen molar-refractivity contribution in [3.63, 3.8) is 0 Å². The highest BCUT2D eigenvalue weighted by Gasteiger charge is 2.36. The third-order valence-corrected chi connectivity index (χ3v) is 6.61. The maximum Gasteiger partial charge on any atom is 0.466 e. The van der Waals surface area contributed by atoms with Gasteiger partial charge in [0.25, 0.3) is 0 Å². The second-order valence-corrected chi connectivity index (χ2v) is 8.64. The van der Waals surface area contributed by atoms with Crippen LogP contribution in [0, 0.1) is 0 Å². The third-order valence-electron chi connectivity index (χ3n) is 4.77. The first kappa shape index (κ1) is 19.9. The number of hydrogen-bond donors (Lipinski definition) is 2. The molecule has 0 unspecified atom stereocenters. The maximum atomic E-state index is 14.0. The van der Waals surface area contributed by atoms with E-state index >= 15 is 0 Å². The summed E-state index contributed by atoms with van der Waals surface area (Å²) >= 11 is 0. The summed E-state index contributed by atoms with van der Waals surface area (Å²) in [6.45, 7) is 2.00. The largest absolute Gasteiger partial charge is 0.507 e. The molecule has 0 saturated heterocycles. The van der Waals surface area contributed by atoms with E-state index in [9.17, 15) is 14.8 Å². The van der Waals surface area contributed by atoms with Gasteiger partial charge in [-0.25, -0.2) is 4.57 Å². The number of hydrogen-bond acceptors (Lipinski definition) is 5. The summed E-state index contributed by atoms with van der Waals surface area (Å²) in [5.41, 5.74) is 1.01. The average molecular weight is 420 g/mol. The van der Waals surface area contributed by atoms with Crippen molar-refractivity contribution < 1.29 is 23.8 Å². The smallest absolute Gasteiger partial charge is 0.466 e. The number of rotatable bonds is 6. The van der Waals surface area contributed by atoms with E-state index in [1.807, 2.05) is 13.0 Å². The average Bonchev–Trinajstić information content (AvgIpc) is 2.77. The van der Waals surface area contributed by atoms with Crippen LogP contribution in [0.2, 0.25) is 0 Å². The van der Waals surface area contributed by atoms with Crippen LogP contribution in [-0.4, -0.2) is 10.2 Å². The molecule has 0 spiro atoms. The molecule has 152 valence electrons. The molecule has 0 bridgehead atoms. The molecule has 0 heterocycles. The van der Waals surface area contributed by atoms with Crippen LogP contribution in [0.3, 0.4) is 0 Å². The van der Waals surface area contributed by atoms with Gasteiger partial charge >= 0.3 is 7.60 Å². The van der Waals surface area contributed by atoms with Gasteiger partial charge in [0.2, 0.25) is 0 Å². The maximum absolute atomic E-state index is 14.0. The lowest BCUT2D eigenvalue weighted by atomic mass is 10.0. The van der Waals surface area contributed by atoms with E-state index in [-0.39, 0.29) is 16.8 Å². The summed E-state index contributed by atoms with van der Waals surface area (Å²) in [6, 6.07) is 23.8. The monoisotopic (exact) mass is 420 g/mol. The lowest BCUT2D eigenvalue weighted by molar-refractivity contribution is 0.396. The fourth-order valence-corrected chi connectivity index (χ4v) is 4.90. The predicted octanol–water partition coefficient (Wildman–Crippen LogP) is 5.79. The highest BCUT2D eigenvalue weighted by molar-refractivity contribution is 7.63. The SMILES string of the molecule is CCc1ccc2c(O)c(P(=O)(Oc3ccccc3)Oc3ccccc3)cc(O)c2c1. The molecule has 0 aliphatic rings. The zero-order valence-electron chi connectivity index (χ0n) is 16.4. The van der Waals surface area contributed by atoms with Gasteiger partial charge in [-0.15, -0.1) is 0 Å². The molecule has 0 amide bonds. The number of benzene rings is 4. The van der Waals surface area contributed by atoms with Crippen LogP contribution in [0.5, 0.6) is 23.0 Å². The van der Waals surface area contributed by atoms with Gasteiger partial charge in [-0.3, -0.25) is 0 Å². The number of fused-ring (bicyclic) bond motifs is 1. The van der Waals surface area contributed by atoms with E-state index in [4.69, 9.17) is 9.05 Å². The van der Waals surface area contributed by atoms with Gasteiger partial charge in [-0.05, 0) is 42.3 Å². The molecule has 4 rings (SSSR count). The quantitative estimate of drug-likeness (QED) is 0.305. The van der Waals surface area contributed by atoms with Crippen LogP contribution in [-0.2, 0) is 11.0 Å². The summed E-state index contributed by atoms with van der Waals surface area (Å²) in [5.74, 6) is 0.275.